The van der Waals surface area contributed by atoms with Gasteiger partial charge in [-0.15, -0.1) is 0 Å². The van der Waals surface area contributed by atoms with E-state index in [-0.39, 0.29) is 0 Å². The van der Waals surface area contributed by atoms with E-state index in [0.717, 1.165) is 71.5 Å². The van der Waals surface area contributed by atoms with Gasteiger partial charge in [-0.2, -0.15) is 0 Å². The molecule has 0 aliphatic rings. The topological polar surface area (TPSA) is 77.8 Å². The summed E-state index contributed by atoms with van der Waals surface area (Å²) in [6.45, 7) is 0. The second kappa shape index (κ2) is 11.2. The number of furan rings is 1. The molecule has 0 spiro atoms. The first-order valence-electron chi connectivity index (χ1n) is 17.2. The van der Waals surface area contributed by atoms with Crippen molar-refractivity contribution < 1.29 is 8.83 Å². The summed E-state index contributed by atoms with van der Waals surface area (Å²) >= 11 is 0. The van der Waals surface area contributed by atoms with Gasteiger partial charge in [0.25, 0.3) is 0 Å². The van der Waals surface area contributed by atoms with Gasteiger partial charge in [0.05, 0.1) is 0 Å². The fourth-order valence-electron chi connectivity index (χ4n) is 7.42. The molecule has 3 aromatic heterocycles. The molecule has 0 atom stereocenters. The van der Waals surface area contributed by atoms with E-state index in [1.165, 1.54) is 16.2 Å². The van der Waals surface area contributed by atoms with Crippen molar-refractivity contribution in [3.8, 4) is 45.6 Å². The van der Waals surface area contributed by atoms with Gasteiger partial charge >= 0.3 is 0 Å². The van der Waals surface area contributed by atoms with Gasteiger partial charge in [0, 0.05) is 38.4 Å². The van der Waals surface area contributed by atoms with E-state index in [2.05, 4.69) is 72.8 Å². The lowest BCUT2D eigenvalue weighted by Gasteiger charge is -2.10. The van der Waals surface area contributed by atoms with Crippen molar-refractivity contribution in [2.24, 2.45) is 0 Å². The summed E-state index contributed by atoms with van der Waals surface area (Å²) in [7, 11) is 0. The minimum Gasteiger partial charge on any atom is -0.456 e. The van der Waals surface area contributed by atoms with Crippen LogP contribution in [0.2, 0.25) is 0 Å². The van der Waals surface area contributed by atoms with Crippen molar-refractivity contribution in [1.82, 2.24) is 19.9 Å². The SMILES string of the molecule is c1ccc(-c2nc(-c3cccc(-c4nc5ccc6ccc7oc8ccccc8c7c6c5o4)c3)nc(-c3ccc4ccc5ccccc5c4c3)n2)cc1. The molecule has 0 radical (unpaired) electrons. The van der Waals surface area contributed by atoms with Crippen molar-refractivity contribution in [3.05, 3.63) is 158 Å². The van der Waals surface area contributed by atoms with Gasteiger partial charge in [-0.1, -0.05) is 121 Å². The van der Waals surface area contributed by atoms with Crippen molar-refractivity contribution in [1.29, 1.82) is 0 Å². The van der Waals surface area contributed by atoms with Crippen molar-refractivity contribution in [2.75, 3.05) is 0 Å². The number of oxazole rings is 1. The van der Waals surface area contributed by atoms with Gasteiger partial charge in [0.1, 0.15) is 16.7 Å². The van der Waals surface area contributed by atoms with Crippen LogP contribution in [-0.4, -0.2) is 19.9 Å². The minimum atomic E-state index is 0.521. The molecule has 0 aliphatic carbocycles. The van der Waals surface area contributed by atoms with Gasteiger partial charge < -0.3 is 8.83 Å². The molecule has 11 aromatic rings. The predicted octanol–water partition coefficient (Wildman–Crippen LogP) is 12.0. The molecule has 242 valence electrons. The molecule has 0 unspecified atom stereocenters. The number of benzene rings is 8. The summed E-state index contributed by atoms with van der Waals surface area (Å²) in [6, 6.07) is 53.6. The van der Waals surface area contributed by atoms with Crippen LogP contribution < -0.4 is 0 Å². The van der Waals surface area contributed by atoms with E-state index in [1.54, 1.807) is 0 Å². The molecule has 6 nitrogen and oxygen atoms in total. The molecule has 52 heavy (non-hydrogen) atoms. The van der Waals surface area contributed by atoms with Crippen molar-refractivity contribution in [2.45, 2.75) is 0 Å². The Hall–Kier alpha value is -7.18. The minimum absolute atomic E-state index is 0.521. The molecule has 8 aromatic carbocycles. The van der Waals surface area contributed by atoms with E-state index in [4.69, 9.17) is 28.8 Å². The molecule has 6 heteroatoms. The molecular formula is C46H26N4O2. The third kappa shape index (κ3) is 4.51. The standard InChI is InChI=1S/C46H26N4O2/c1-2-10-30(11-3-1)43-48-44(50-45(49-43)32-20-19-28-18-17-27-9-4-5-14-34(27)36(28)26-32)31-12-8-13-33(25-31)46-47-37-23-21-29-22-24-39-41(40(29)42(37)52-46)35-15-6-7-16-38(35)51-39/h1-26H. The van der Waals surface area contributed by atoms with Crippen LogP contribution >= 0.6 is 0 Å². The fourth-order valence-corrected chi connectivity index (χ4v) is 7.42. The Balaban J connectivity index is 1.07. The lowest BCUT2D eigenvalue weighted by molar-refractivity contribution is 0.623. The van der Waals surface area contributed by atoms with Crippen LogP contribution in [0, 0.1) is 0 Å². The highest BCUT2D eigenvalue weighted by Crippen LogP contribution is 2.40. The Morgan fingerprint density at radius 3 is 1.85 bits per heavy atom. The third-order valence-corrected chi connectivity index (χ3v) is 9.92. The number of nitrogens with zero attached hydrogens (tertiary/aromatic N) is 4. The van der Waals surface area contributed by atoms with Gasteiger partial charge in [-0.25, -0.2) is 19.9 Å². The van der Waals surface area contributed by atoms with Gasteiger partial charge in [0.15, 0.2) is 23.1 Å². The van der Waals surface area contributed by atoms with Gasteiger partial charge in [0.2, 0.25) is 5.89 Å². The summed E-state index contributed by atoms with van der Waals surface area (Å²) < 4.78 is 12.8. The van der Waals surface area contributed by atoms with Crippen LogP contribution in [0.15, 0.2) is 167 Å². The van der Waals surface area contributed by atoms with E-state index >= 15 is 0 Å². The lowest BCUT2D eigenvalue weighted by Crippen LogP contribution is -2.00. The molecule has 0 bridgehead atoms. The van der Waals surface area contributed by atoms with Gasteiger partial charge in [-0.05, 0) is 63.3 Å². The van der Waals surface area contributed by atoms with Crippen LogP contribution in [0.25, 0.3) is 111 Å². The monoisotopic (exact) mass is 666 g/mol. The Bertz CT molecular complexity index is 3200. The van der Waals surface area contributed by atoms with Crippen LogP contribution in [0.1, 0.15) is 0 Å². The average molecular weight is 667 g/mol. The van der Waals surface area contributed by atoms with E-state index < -0.39 is 0 Å². The third-order valence-electron chi connectivity index (χ3n) is 9.92. The highest BCUT2D eigenvalue weighted by molar-refractivity contribution is 6.25. The summed E-state index contributed by atoms with van der Waals surface area (Å²) in [4.78, 5) is 20.1. The molecule has 0 saturated heterocycles. The Labute approximate surface area is 296 Å². The zero-order valence-corrected chi connectivity index (χ0v) is 27.6. The first-order chi connectivity index (χ1) is 25.7. The van der Waals surface area contributed by atoms with E-state index in [0.29, 0.717) is 23.4 Å². The first-order valence-corrected chi connectivity index (χ1v) is 17.2. The maximum absolute atomic E-state index is 6.64. The largest absolute Gasteiger partial charge is 0.456 e. The number of rotatable bonds is 4. The lowest BCUT2D eigenvalue weighted by atomic mass is 10.00. The van der Waals surface area contributed by atoms with E-state index in [9.17, 15) is 0 Å². The summed E-state index contributed by atoms with van der Waals surface area (Å²) in [5.74, 6) is 2.30. The molecule has 11 rings (SSSR count). The zero-order chi connectivity index (χ0) is 34.2. The number of hydrogen-bond donors (Lipinski definition) is 0. The smallest absolute Gasteiger partial charge is 0.227 e. The number of para-hydroxylation sites is 1. The predicted molar refractivity (Wildman–Crippen MR) is 209 cm³/mol. The maximum Gasteiger partial charge on any atom is 0.227 e. The number of fused-ring (bicyclic) bond motifs is 10. The van der Waals surface area contributed by atoms with Gasteiger partial charge in [-0.3, -0.25) is 0 Å². The highest BCUT2D eigenvalue weighted by Gasteiger charge is 2.19. The molecule has 3 heterocycles. The molecule has 0 fully saturated rings. The maximum atomic E-state index is 6.64. The number of aromatic nitrogens is 4. The number of hydrogen-bond acceptors (Lipinski definition) is 6. The van der Waals surface area contributed by atoms with Crippen LogP contribution in [0.3, 0.4) is 0 Å². The summed E-state index contributed by atoms with van der Waals surface area (Å²) in [5.41, 5.74) is 6.67. The van der Waals surface area contributed by atoms with Crippen molar-refractivity contribution in [3.63, 3.8) is 0 Å². The molecule has 0 saturated carbocycles. The normalized spacial score (nSPS) is 11.8. The molecule has 0 aliphatic heterocycles. The average Bonchev–Trinajstić information content (AvgIpc) is 3.83. The van der Waals surface area contributed by atoms with Crippen LogP contribution in [0.4, 0.5) is 0 Å². The summed E-state index contributed by atoms with van der Waals surface area (Å²) in [6.07, 6.45) is 0. The second-order valence-corrected chi connectivity index (χ2v) is 13.0. The van der Waals surface area contributed by atoms with E-state index in [1.807, 2.05) is 84.9 Å². The molecular weight excluding hydrogens is 641 g/mol. The summed E-state index contributed by atoms with van der Waals surface area (Å²) in [5, 5.41) is 8.85. The quantitative estimate of drug-likeness (QED) is 0.174. The van der Waals surface area contributed by atoms with Crippen molar-refractivity contribution >= 4 is 65.4 Å². The Morgan fingerprint density at radius 1 is 0.346 bits per heavy atom. The van der Waals surface area contributed by atoms with Crippen LogP contribution in [0.5, 0.6) is 0 Å². The molecule has 0 N–H and O–H groups in total. The zero-order valence-electron chi connectivity index (χ0n) is 27.6. The Kier molecular flexibility index (Phi) is 6.15. The Morgan fingerprint density at radius 2 is 0.981 bits per heavy atom. The van der Waals surface area contributed by atoms with Crippen LogP contribution in [-0.2, 0) is 0 Å². The highest BCUT2D eigenvalue weighted by atomic mass is 16.3. The fraction of sp³-hybridized carbons (Fsp3) is 0. The first kappa shape index (κ1) is 28.6. The molecule has 0 amide bonds. The second-order valence-electron chi connectivity index (χ2n) is 13.0.